The molecule has 0 bridgehead atoms. The van der Waals surface area contributed by atoms with Crippen molar-refractivity contribution in [3.05, 3.63) is 92.8 Å². The normalized spacial score (nSPS) is 14.8. The predicted molar refractivity (Wildman–Crippen MR) is 153 cm³/mol. The summed E-state index contributed by atoms with van der Waals surface area (Å²) in [4.78, 5) is 34.4. The highest BCUT2D eigenvalue weighted by molar-refractivity contribution is 6.08. The number of halogens is 3. The molecule has 222 valence electrons. The van der Waals surface area contributed by atoms with Crippen molar-refractivity contribution in [3.8, 4) is 5.75 Å². The fourth-order valence-corrected chi connectivity index (χ4v) is 5.82. The highest BCUT2D eigenvalue weighted by Crippen LogP contribution is 2.31. The molecule has 1 fully saturated rings. The minimum atomic E-state index is -4.46. The van der Waals surface area contributed by atoms with Crippen LogP contribution in [0.15, 0.2) is 53.5 Å². The fourth-order valence-electron chi connectivity index (χ4n) is 5.82. The van der Waals surface area contributed by atoms with Crippen LogP contribution < -0.4 is 15.6 Å². The Bertz CT molecular complexity index is 1650. The molecule has 8 nitrogen and oxygen atoms in total. The summed E-state index contributed by atoms with van der Waals surface area (Å²) >= 11 is 0. The molecule has 5 rings (SSSR count). The maximum Gasteiger partial charge on any atom is 0.433 e. The SMILES string of the molecule is COc1cc(C)[nH]c(=O)c1CNC(=O)c1c(C)n(CC2CCN(Cc3ccnc(C(F)(F)F)c3)CC2)c2ccccc12. The lowest BCUT2D eigenvalue weighted by molar-refractivity contribution is -0.141. The van der Waals surface area contributed by atoms with Crippen molar-refractivity contribution in [2.24, 2.45) is 5.92 Å². The first-order chi connectivity index (χ1) is 20.0. The molecule has 4 aromatic rings. The Kier molecular flexibility index (Phi) is 8.40. The van der Waals surface area contributed by atoms with Gasteiger partial charge in [0.05, 0.1) is 24.8 Å². The lowest BCUT2D eigenvalue weighted by Gasteiger charge is -2.32. The van der Waals surface area contributed by atoms with Gasteiger partial charge in [-0.25, -0.2) is 0 Å². The van der Waals surface area contributed by atoms with E-state index >= 15 is 0 Å². The Hall–Kier alpha value is -4.12. The Morgan fingerprint density at radius 2 is 1.88 bits per heavy atom. The van der Waals surface area contributed by atoms with Crippen LogP contribution in [0.5, 0.6) is 5.75 Å². The molecule has 1 aliphatic heterocycles. The van der Waals surface area contributed by atoms with E-state index in [0.717, 1.165) is 55.1 Å². The quantitative estimate of drug-likeness (QED) is 0.298. The Balaban J connectivity index is 1.28. The number of fused-ring (bicyclic) bond motifs is 1. The van der Waals surface area contributed by atoms with Gasteiger partial charge in [0.2, 0.25) is 0 Å². The first-order valence-corrected chi connectivity index (χ1v) is 13.9. The number of para-hydroxylation sites is 1. The average molecular weight is 582 g/mol. The number of aryl methyl sites for hydroxylation is 1. The summed E-state index contributed by atoms with van der Waals surface area (Å²) in [6.07, 6.45) is -1.46. The smallest absolute Gasteiger partial charge is 0.433 e. The molecular formula is C31H34F3N5O3. The first-order valence-electron chi connectivity index (χ1n) is 13.9. The lowest BCUT2D eigenvalue weighted by Crippen LogP contribution is -2.34. The zero-order chi connectivity index (χ0) is 30.0. The number of alkyl halides is 3. The van der Waals surface area contributed by atoms with Gasteiger partial charge >= 0.3 is 6.18 Å². The maximum atomic E-state index is 13.5. The van der Waals surface area contributed by atoms with Gasteiger partial charge in [-0.15, -0.1) is 0 Å². The molecule has 3 aromatic heterocycles. The number of pyridine rings is 2. The number of amides is 1. The van der Waals surface area contributed by atoms with E-state index < -0.39 is 11.9 Å². The van der Waals surface area contributed by atoms with Gasteiger partial charge in [0, 0.05) is 41.6 Å². The topological polar surface area (TPSA) is 92.2 Å². The Labute approximate surface area is 241 Å². The number of benzene rings is 1. The average Bonchev–Trinajstić information content (AvgIpc) is 3.23. The van der Waals surface area contributed by atoms with Crippen LogP contribution in [0.25, 0.3) is 10.9 Å². The van der Waals surface area contributed by atoms with E-state index in [2.05, 4.69) is 24.8 Å². The fraction of sp³-hybridized carbons (Fsp3) is 0.387. The number of hydrogen-bond acceptors (Lipinski definition) is 5. The highest BCUT2D eigenvalue weighted by Gasteiger charge is 2.32. The van der Waals surface area contributed by atoms with Crippen LogP contribution in [-0.2, 0) is 25.8 Å². The second kappa shape index (κ2) is 12.0. The third kappa shape index (κ3) is 6.20. The van der Waals surface area contributed by atoms with E-state index in [-0.39, 0.29) is 18.0 Å². The number of carbonyl (C=O) groups excluding carboxylic acids is 1. The van der Waals surface area contributed by atoms with E-state index in [0.29, 0.717) is 40.6 Å². The first kappa shape index (κ1) is 29.4. The Morgan fingerprint density at radius 3 is 2.60 bits per heavy atom. The van der Waals surface area contributed by atoms with E-state index in [9.17, 15) is 22.8 Å². The second-order valence-electron chi connectivity index (χ2n) is 10.9. The summed E-state index contributed by atoms with van der Waals surface area (Å²) in [6, 6.07) is 12.3. The number of hydrogen-bond donors (Lipinski definition) is 2. The van der Waals surface area contributed by atoms with Gasteiger partial charge < -0.3 is 19.6 Å². The van der Waals surface area contributed by atoms with Gasteiger partial charge in [0.1, 0.15) is 11.4 Å². The summed E-state index contributed by atoms with van der Waals surface area (Å²) in [5.41, 5.74) is 2.84. The summed E-state index contributed by atoms with van der Waals surface area (Å²) in [5.74, 6) is 0.506. The van der Waals surface area contributed by atoms with Crippen molar-refractivity contribution < 1.29 is 22.7 Å². The predicted octanol–water partition coefficient (Wildman–Crippen LogP) is 5.21. The summed E-state index contributed by atoms with van der Waals surface area (Å²) in [5, 5.41) is 3.75. The zero-order valence-electron chi connectivity index (χ0n) is 23.8. The van der Waals surface area contributed by atoms with Gasteiger partial charge in [0.25, 0.3) is 11.5 Å². The van der Waals surface area contributed by atoms with Crippen molar-refractivity contribution in [2.45, 2.75) is 52.5 Å². The number of ether oxygens (including phenoxy) is 1. The molecule has 0 atom stereocenters. The van der Waals surface area contributed by atoms with Crippen molar-refractivity contribution in [1.82, 2.24) is 24.8 Å². The third-order valence-corrected chi connectivity index (χ3v) is 8.00. The van der Waals surface area contributed by atoms with Crippen molar-refractivity contribution in [2.75, 3.05) is 20.2 Å². The Morgan fingerprint density at radius 1 is 1.14 bits per heavy atom. The summed E-state index contributed by atoms with van der Waals surface area (Å²) in [7, 11) is 1.49. The minimum absolute atomic E-state index is 0.0248. The minimum Gasteiger partial charge on any atom is -0.496 e. The maximum absolute atomic E-state index is 13.5. The van der Waals surface area contributed by atoms with Gasteiger partial charge in [0.15, 0.2) is 0 Å². The second-order valence-corrected chi connectivity index (χ2v) is 10.9. The number of aromatic amines is 1. The van der Waals surface area contributed by atoms with Crippen LogP contribution in [0.2, 0.25) is 0 Å². The number of likely N-dealkylation sites (tertiary alicyclic amines) is 1. The molecule has 0 spiro atoms. The zero-order valence-corrected chi connectivity index (χ0v) is 23.8. The number of nitrogens with zero attached hydrogens (tertiary/aromatic N) is 3. The number of H-pyrrole nitrogens is 1. The van der Waals surface area contributed by atoms with Gasteiger partial charge in [-0.2, -0.15) is 13.2 Å². The molecule has 0 saturated carbocycles. The molecule has 2 N–H and O–H groups in total. The van der Waals surface area contributed by atoms with E-state index in [1.165, 1.54) is 13.3 Å². The molecule has 0 aliphatic carbocycles. The molecule has 42 heavy (non-hydrogen) atoms. The molecule has 0 radical (unpaired) electrons. The molecule has 1 saturated heterocycles. The third-order valence-electron chi connectivity index (χ3n) is 8.00. The largest absolute Gasteiger partial charge is 0.496 e. The molecule has 1 aliphatic rings. The molecule has 1 amide bonds. The standard InChI is InChI=1S/C31H34F3N5O3/c1-19-14-26(42-3)24(29(40)37-19)16-36-30(41)28-20(2)39(25-7-5-4-6-23(25)28)18-21-9-12-38(13-10-21)17-22-8-11-35-27(15-22)31(32,33)34/h4-8,11,14-15,21H,9-10,12-13,16-18H2,1-3H3,(H,36,41)(H,37,40). The summed E-state index contributed by atoms with van der Waals surface area (Å²) < 4.78 is 46.7. The van der Waals surface area contributed by atoms with Crippen molar-refractivity contribution in [3.63, 3.8) is 0 Å². The van der Waals surface area contributed by atoms with Crippen LogP contribution in [-0.4, -0.2) is 45.5 Å². The van der Waals surface area contributed by atoms with Crippen molar-refractivity contribution >= 4 is 16.8 Å². The molecule has 0 unspecified atom stereocenters. The number of piperidine rings is 1. The van der Waals surface area contributed by atoms with Crippen LogP contribution in [0, 0.1) is 19.8 Å². The number of carbonyl (C=O) groups is 1. The lowest BCUT2D eigenvalue weighted by atomic mass is 9.96. The van der Waals surface area contributed by atoms with Crippen LogP contribution in [0.3, 0.4) is 0 Å². The van der Waals surface area contributed by atoms with Crippen LogP contribution in [0.1, 0.15) is 51.4 Å². The molecule has 1 aromatic carbocycles. The molecule has 4 heterocycles. The number of nitrogens with one attached hydrogen (secondary N) is 2. The van der Waals surface area contributed by atoms with E-state index in [4.69, 9.17) is 4.74 Å². The van der Waals surface area contributed by atoms with E-state index in [1.807, 2.05) is 31.2 Å². The molecule has 11 heteroatoms. The van der Waals surface area contributed by atoms with Gasteiger partial charge in [-0.3, -0.25) is 19.5 Å². The highest BCUT2D eigenvalue weighted by atomic mass is 19.4. The molecular weight excluding hydrogens is 547 g/mol. The van der Waals surface area contributed by atoms with Crippen LogP contribution >= 0.6 is 0 Å². The van der Waals surface area contributed by atoms with Gasteiger partial charge in [-0.05, 0) is 75.5 Å². The number of methoxy groups -OCH3 is 1. The summed E-state index contributed by atoms with van der Waals surface area (Å²) in [6.45, 7) is 6.44. The monoisotopic (exact) mass is 581 g/mol. The van der Waals surface area contributed by atoms with Crippen molar-refractivity contribution in [1.29, 1.82) is 0 Å². The number of rotatable bonds is 8. The van der Waals surface area contributed by atoms with Crippen LogP contribution in [0.4, 0.5) is 13.2 Å². The van der Waals surface area contributed by atoms with E-state index in [1.54, 1.807) is 19.1 Å². The van der Waals surface area contributed by atoms with Gasteiger partial charge in [-0.1, -0.05) is 18.2 Å². The number of aromatic nitrogens is 3.